The summed E-state index contributed by atoms with van der Waals surface area (Å²) < 4.78 is 2.19. The number of anilines is 1. The van der Waals surface area contributed by atoms with Gasteiger partial charge in [-0.1, -0.05) is 18.2 Å². The number of hydrogen-bond acceptors (Lipinski definition) is 3. The smallest absolute Gasteiger partial charge is 0.226 e. The maximum absolute atomic E-state index is 12.8. The quantitative estimate of drug-likeness (QED) is 0.481. The molecular formula is C26H31N5OS. The second-order valence-corrected chi connectivity index (χ2v) is 9.31. The van der Waals surface area contributed by atoms with E-state index in [2.05, 4.69) is 57.4 Å². The molecule has 1 saturated heterocycles. The van der Waals surface area contributed by atoms with Gasteiger partial charge < -0.3 is 20.1 Å². The van der Waals surface area contributed by atoms with Crippen molar-refractivity contribution in [1.82, 2.24) is 19.8 Å². The van der Waals surface area contributed by atoms with Gasteiger partial charge in [0, 0.05) is 43.3 Å². The van der Waals surface area contributed by atoms with Crippen molar-refractivity contribution in [2.45, 2.75) is 52.2 Å². The molecule has 2 atom stereocenters. The van der Waals surface area contributed by atoms with Gasteiger partial charge in [-0.05, 0) is 80.9 Å². The number of carbonyl (C=O) groups excluding carboxylic acids is 1. The molecule has 1 aliphatic rings. The van der Waals surface area contributed by atoms with Crippen molar-refractivity contribution >= 4 is 28.9 Å². The lowest BCUT2D eigenvalue weighted by Crippen LogP contribution is -2.32. The van der Waals surface area contributed by atoms with Crippen molar-refractivity contribution < 1.29 is 4.79 Å². The van der Waals surface area contributed by atoms with Crippen LogP contribution in [0.1, 0.15) is 60.8 Å². The van der Waals surface area contributed by atoms with Crippen LogP contribution in [-0.2, 0) is 4.79 Å². The summed E-state index contributed by atoms with van der Waals surface area (Å²) in [7, 11) is 0. The van der Waals surface area contributed by atoms with Gasteiger partial charge in [0.2, 0.25) is 5.91 Å². The molecule has 0 aliphatic carbocycles. The van der Waals surface area contributed by atoms with Crippen LogP contribution in [-0.4, -0.2) is 32.0 Å². The van der Waals surface area contributed by atoms with Gasteiger partial charge >= 0.3 is 0 Å². The van der Waals surface area contributed by atoms with Crippen molar-refractivity contribution in [3.63, 3.8) is 0 Å². The summed E-state index contributed by atoms with van der Waals surface area (Å²) in [6, 6.07) is 14.4. The largest absolute Gasteiger partial charge is 0.352 e. The lowest BCUT2D eigenvalue weighted by Gasteiger charge is -2.27. The number of nitrogens with one attached hydrogen (secondary N) is 2. The van der Waals surface area contributed by atoms with E-state index in [0.29, 0.717) is 24.1 Å². The Morgan fingerprint density at radius 2 is 2.03 bits per heavy atom. The molecule has 3 aromatic rings. The Hall–Kier alpha value is -3.19. The molecule has 1 amide bonds. The minimum Gasteiger partial charge on any atom is -0.352 e. The molecular weight excluding hydrogens is 430 g/mol. The normalized spacial score (nSPS) is 18.0. The minimum atomic E-state index is -0.0798. The maximum atomic E-state index is 12.8. The van der Waals surface area contributed by atoms with Crippen LogP contribution in [0.3, 0.4) is 0 Å². The average molecular weight is 462 g/mol. The number of carbonyl (C=O) groups is 1. The van der Waals surface area contributed by atoms with Gasteiger partial charge in [-0.25, -0.2) is 0 Å². The Morgan fingerprint density at radius 3 is 2.73 bits per heavy atom. The van der Waals surface area contributed by atoms with E-state index in [-0.39, 0.29) is 18.0 Å². The molecule has 3 heterocycles. The molecule has 172 valence electrons. The van der Waals surface area contributed by atoms with E-state index in [1.165, 1.54) is 0 Å². The van der Waals surface area contributed by atoms with Gasteiger partial charge in [0.1, 0.15) is 0 Å². The Labute approximate surface area is 201 Å². The highest BCUT2D eigenvalue weighted by Gasteiger charge is 2.40. The highest BCUT2D eigenvalue weighted by atomic mass is 32.1. The lowest BCUT2D eigenvalue weighted by atomic mass is 9.99. The predicted molar refractivity (Wildman–Crippen MR) is 136 cm³/mol. The Morgan fingerprint density at radius 1 is 1.21 bits per heavy atom. The van der Waals surface area contributed by atoms with Gasteiger partial charge in [0.15, 0.2) is 5.11 Å². The number of pyridine rings is 1. The zero-order valence-corrected chi connectivity index (χ0v) is 20.4. The molecule has 33 heavy (non-hydrogen) atoms. The maximum Gasteiger partial charge on any atom is 0.226 e. The Bertz CT molecular complexity index is 1140. The molecule has 0 unspecified atom stereocenters. The molecule has 4 rings (SSSR count). The molecule has 0 spiro atoms. The molecule has 0 saturated carbocycles. The number of amides is 1. The van der Waals surface area contributed by atoms with Gasteiger partial charge in [-0.3, -0.25) is 9.78 Å². The highest BCUT2D eigenvalue weighted by molar-refractivity contribution is 7.80. The number of benzene rings is 1. The molecule has 0 radical (unpaired) electrons. The van der Waals surface area contributed by atoms with E-state index in [9.17, 15) is 4.79 Å². The molecule has 1 aliphatic heterocycles. The second kappa shape index (κ2) is 9.75. The first-order chi connectivity index (χ1) is 15.8. The van der Waals surface area contributed by atoms with Crippen LogP contribution in [0.4, 0.5) is 5.69 Å². The van der Waals surface area contributed by atoms with Crippen LogP contribution in [0.15, 0.2) is 61.1 Å². The number of aryl methyl sites for hydroxylation is 2. The molecule has 2 aromatic heterocycles. The standard InChI is InChI=1S/C26H31N5OS/c1-17(2)30-13-10-20(16-30)25-24(21-7-5-6-12-27-21)29-26(33)31(25)14-11-23(32)28-22-15-18(3)8-9-19(22)4/h5-10,12-13,15-17,24-25H,11,14H2,1-4H3,(H,28,32)(H,29,33)/t24-,25+/m0/s1. The lowest BCUT2D eigenvalue weighted by molar-refractivity contribution is -0.116. The van der Waals surface area contributed by atoms with E-state index < -0.39 is 0 Å². The van der Waals surface area contributed by atoms with Gasteiger partial charge in [0.25, 0.3) is 0 Å². The van der Waals surface area contributed by atoms with E-state index in [1.807, 2.05) is 50.2 Å². The molecule has 1 fully saturated rings. The van der Waals surface area contributed by atoms with Gasteiger partial charge in [-0.2, -0.15) is 0 Å². The summed E-state index contributed by atoms with van der Waals surface area (Å²) in [5, 5.41) is 7.16. The predicted octanol–water partition coefficient (Wildman–Crippen LogP) is 5.08. The summed E-state index contributed by atoms with van der Waals surface area (Å²) in [6.45, 7) is 8.86. The molecule has 7 heteroatoms. The summed E-state index contributed by atoms with van der Waals surface area (Å²) in [5.74, 6) is -0.0220. The Kier molecular flexibility index (Phi) is 6.79. The molecule has 1 aromatic carbocycles. The third-order valence-electron chi connectivity index (χ3n) is 6.12. The van der Waals surface area contributed by atoms with Crippen molar-refractivity contribution in [1.29, 1.82) is 0 Å². The third kappa shape index (κ3) is 5.09. The van der Waals surface area contributed by atoms with E-state index in [0.717, 1.165) is 28.1 Å². The summed E-state index contributed by atoms with van der Waals surface area (Å²) in [4.78, 5) is 19.5. The highest BCUT2D eigenvalue weighted by Crippen LogP contribution is 2.39. The average Bonchev–Trinajstić information content (AvgIpc) is 3.40. The molecule has 0 bridgehead atoms. The van der Waals surface area contributed by atoms with Crippen LogP contribution in [0, 0.1) is 13.8 Å². The monoisotopic (exact) mass is 461 g/mol. The fourth-order valence-corrected chi connectivity index (χ4v) is 4.57. The number of rotatable bonds is 7. The summed E-state index contributed by atoms with van der Waals surface area (Å²) in [6.07, 6.45) is 6.41. The summed E-state index contributed by atoms with van der Waals surface area (Å²) in [5.41, 5.74) is 5.12. The number of thiocarbonyl (C=S) groups is 1. The van der Waals surface area contributed by atoms with Crippen LogP contribution in [0.25, 0.3) is 0 Å². The second-order valence-electron chi connectivity index (χ2n) is 8.92. The Balaban J connectivity index is 1.55. The van der Waals surface area contributed by atoms with Crippen molar-refractivity contribution in [3.8, 4) is 0 Å². The number of hydrogen-bond donors (Lipinski definition) is 2. The first kappa shape index (κ1) is 23.0. The molecule has 6 nitrogen and oxygen atoms in total. The van der Waals surface area contributed by atoms with Crippen molar-refractivity contribution in [3.05, 3.63) is 83.4 Å². The van der Waals surface area contributed by atoms with Crippen LogP contribution in [0.2, 0.25) is 0 Å². The zero-order chi connectivity index (χ0) is 23.5. The minimum absolute atomic E-state index is 0.0220. The van der Waals surface area contributed by atoms with Gasteiger partial charge in [-0.15, -0.1) is 0 Å². The SMILES string of the molecule is Cc1ccc(C)c(NC(=O)CCN2C(=S)N[C@@H](c3ccccn3)[C@H]2c2ccn(C(C)C)c2)c1. The fraction of sp³-hybridized carbons (Fsp3) is 0.346. The first-order valence-electron chi connectivity index (χ1n) is 11.4. The van der Waals surface area contributed by atoms with Gasteiger partial charge in [0.05, 0.1) is 17.8 Å². The third-order valence-corrected chi connectivity index (χ3v) is 6.47. The molecule has 2 N–H and O–H groups in total. The van der Waals surface area contributed by atoms with Crippen LogP contribution in [0.5, 0.6) is 0 Å². The first-order valence-corrected chi connectivity index (χ1v) is 11.8. The van der Waals surface area contributed by atoms with Crippen molar-refractivity contribution in [2.75, 3.05) is 11.9 Å². The van der Waals surface area contributed by atoms with E-state index in [4.69, 9.17) is 12.2 Å². The summed E-state index contributed by atoms with van der Waals surface area (Å²) >= 11 is 5.72. The fourth-order valence-electron chi connectivity index (χ4n) is 4.24. The van der Waals surface area contributed by atoms with Crippen LogP contribution >= 0.6 is 12.2 Å². The number of aromatic nitrogens is 2. The van der Waals surface area contributed by atoms with E-state index >= 15 is 0 Å². The topological polar surface area (TPSA) is 62.2 Å². The van der Waals surface area contributed by atoms with E-state index in [1.54, 1.807) is 6.20 Å². The number of nitrogens with zero attached hydrogens (tertiary/aromatic N) is 3. The van der Waals surface area contributed by atoms with Crippen molar-refractivity contribution in [2.24, 2.45) is 0 Å². The zero-order valence-electron chi connectivity index (χ0n) is 19.6. The van der Waals surface area contributed by atoms with Crippen LogP contribution < -0.4 is 10.6 Å².